The fourth-order valence-electron chi connectivity index (χ4n) is 3.05. The molecule has 0 aromatic carbocycles. The summed E-state index contributed by atoms with van der Waals surface area (Å²) in [6.45, 7) is 11.8. The van der Waals surface area contributed by atoms with Gasteiger partial charge < -0.3 is 10.1 Å². The zero-order valence-corrected chi connectivity index (χ0v) is 13.8. The van der Waals surface area contributed by atoms with E-state index in [-0.39, 0.29) is 5.54 Å². The first-order valence-corrected chi connectivity index (χ1v) is 8.61. The van der Waals surface area contributed by atoms with Gasteiger partial charge in [0.15, 0.2) is 0 Å². The van der Waals surface area contributed by atoms with Crippen LogP contribution < -0.4 is 5.32 Å². The van der Waals surface area contributed by atoms with Crippen LogP contribution in [0.25, 0.3) is 0 Å². The standard InChI is InChI=1S/C16H28N2OS/c1-4-17-15(8-7-14-6-5-13-20-14)16(2,3)18-9-11-19-12-10-18/h5-6,13,15,17H,4,7-12H2,1-3H3. The highest BCUT2D eigenvalue weighted by Gasteiger charge is 2.35. The molecule has 20 heavy (non-hydrogen) atoms. The fourth-order valence-corrected chi connectivity index (χ4v) is 3.78. The van der Waals surface area contributed by atoms with E-state index in [2.05, 4.69) is 48.5 Å². The number of morpholine rings is 1. The van der Waals surface area contributed by atoms with Crippen molar-refractivity contribution < 1.29 is 4.74 Å². The smallest absolute Gasteiger partial charge is 0.0594 e. The van der Waals surface area contributed by atoms with Crippen LogP contribution in [0.3, 0.4) is 0 Å². The maximum absolute atomic E-state index is 5.49. The zero-order chi connectivity index (χ0) is 14.4. The Labute approximate surface area is 127 Å². The van der Waals surface area contributed by atoms with Gasteiger partial charge in [-0.25, -0.2) is 0 Å². The van der Waals surface area contributed by atoms with Crippen LogP contribution in [-0.2, 0) is 11.2 Å². The summed E-state index contributed by atoms with van der Waals surface area (Å²) in [6, 6.07) is 4.91. The Morgan fingerprint density at radius 3 is 2.75 bits per heavy atom. The van der Waals surface area contributed by atoms with Gasteiger partial charge in [0.2, 0.25) is 0 Å². The first kappa shape index (κ1) is 16.0. The fraction of sp³-hybridized carbons (Fsp3) is 0.750. The van der Waals surface area contributed by atoms with Crippen molar-refractivity contribution >= 4 is 11.3 Å². The van der Waals surface area contributed by atoms with Gasteiger partial charge in [-0.15, -0.1) is 11.3 Å². The van der Waals surface area contributed by atoms with E-state index in [1.54, 1.807) is 0 Å². The monoisotopic (exact) mass is 296 g/mol. The summed E-state index contributed by atoms with van der Waals surface area (Å²) in [5.74, 6) is 0. The minimum Gasteiger partial charge on any atom is -0.379 e. The summed E-state index contributed by atoms with van der Waals surface area (Å²) < 4.78 is 5.49. The van der Waals surface area contributed by atoms with Crippen LogP contribution in [0.15, 0.2) is 17.5 Å². The third kappa shape index (κ3) is 4.04. The summed E-state index contributed by atoms with van der Waals surface area (Å²) >= 11 is 1.87. The van der Waals surface area contributed by atoms with Gasteiger partial charge in [0.1, 0.15) is 0 Å². The molecule has 1 unspecified atom stereocenters. The Morgan fingerprint density at radius 2 is 2.15 bits per heavy atom. The second-order valence-corrected chi connectivity index (χ2v) is 7.01. The Kier molecular flexibility index (Phi) is 6.02. The number of likely N-dealkylation sites (N-methyl/N-ethyl adjacent to an activating group) is 1. The van der Waals surface area contributed by atoms with Crippen molar-refractivity contribution in [2.75, 3.05) is 32.8 Å². The molecule has 1 aliphatic rings. The third-order valence-electron chi connectivity index (χ3n) is 4.39. The van der Waals surface area contributed by atoms with Crippen molar-refractivity contribution in [2.45, 2.75) is 45.2 Å². The van der Waals surface area contributed by atoms with Gasteiger partial charge in [0.25, 0.3) is 0 Å². The predicted molar refractivity (Wildman–Crippen MR) is 86.6 cm³/mol. The van der Waals surface area contributed by atoms with E-state index in [9.17, 15) is 0 Å². The molecule has 114 valence electrons. The molecule has 0 saturated carbocycles. The summed E-state index contributed by atoms with van der Waals surface area (Å²) in [4.78, 5) is 4.07. The lowest BCUT2D eigenvalue weighted by Crippen LogP contribution is -2.60. The van der Waals surface area contributed by atoms with Crippen LogP contribution in [0.4, 0.5) is 0 Å². The molecule has 0 spiro atoms. The molecular formula is C16H28N2OS. The van der Waals surface area contributed by atoms with E-state index in [4.69, 9.17) is 4.74 Å². The lowest BCUT2D eigenvalue weighted by molar-refractivity contribution is -0.0241. The zero-order valence-electron chi connectivity index (χ0n) is 13.0. The Morgan fingerprint density at radius 1 is 1.40 bits per heavy atom. The van der Waals surface area contributed by atoms with Crippen LogP contribution in [0.5, 0.6) is 0 Å². The van der Waals surface area contributed by atoms with E-state index in [0.717, 1.165) is 32.8 Å². The first-order valence-electron chi connectivity index (χ1n) is 7.73. The van der Waals surface area contributed by atoms with Crippen molar-refractivity contribution in [1.82, 2.24) is 10.2 Å². The maximum atomic E-state index is 5.49. The van der Waals surface area contributed by atoms with Crippen molar-refractivity contribution in [1.29, 1.82) is 0 Å². The molecule has 0 radical (unpaired) electrons. The van der Waals surface area contributed by atoms with E-state index in [1.165, 1.54) is 17.7 Å². The molecular weight excluding hydrogens is 268 g/mol. The van der Waals surface area contributed by atoms with Crippen LogP contribution >= 0.6 is 11.3 Å². The molecule has 3 nitrogen and oxygen atoms in total. The number of hydrogen-bond acceptors (Lipinski definition) is 4. The number of aryl methyl sites for hydroxylation is 1. The van der Waals surface area contributed by atoms with Crippen LogP contribution in [0.1, 0.15) is 32.1 Å². The van der Waals surface area contributed by atoms with E-state index in [0.29, 0.717) is 6.04 Å². The number of hydrogen-bond donors (Lipinski definition) is 1. The molecule has 1 atom stereocenters. The first-order chi connectivity index (χ1) is 9.64. The van der Waals surface area contributed by atoms with Crippen LogP contribution in [0, 0.1) is 0 Å². The molecule has 1 aromatic heterocycles. The quantitative estimate of drug-likeness (QED) is 0.837. The highest BCUT2D eigenvalue weighted by atomic mass is 32.1. The van der Waals surface area contributed by atoms with E-state index in [1.807, 2.05) is 11.3 Å². The molecule has 0 amide bonds. The Bertz CT molecular complexity index is 372. The summed E-state index contributed by atoms with van der Waals surface area (Å²) in [5.41, 5.74) is 0.178. The second kappa shape index (κ2) is 7.55. The summed E-state index contributed by atoms with van der Waals surface area (Å²) in [5, 5.41) is 5.88. The molecule has 0 bridgehead atoms. The molecule has 1 aromatic rings. The highest BCUT2D eigenvalue weighted by molar-refractivity contribution is 7.09. The molecule has 4 heteroatoms. The van der Waals surface area contributed by atoms with Crippen molar-refractivity contribution in [3.63, 3.8) is 0 Å². The van der Waals surface area contributed by atoms with E-state index >= 15 is 0 Å². The topological polar surface area (TPSA) is 24.5 Å². The largest absolute Gasteiger partial charge is 0.379 e. The lowest BCUT2D eigenvalue weighted by Gasteiger charge is -2.46. The molecule has 2 heterocycles. The second-order valence-electron chi connectivity index (χ2n) is 5.98. The number of thiophene rings is 1. The number of rotatable bonds is 7. The summed E-state index contributed by atoms with van der Waals surface area (Å²) in [7, 11) is 0. The van der Waals surface area contributed by atoms with Crippen molar-refractivity contribution in [2.24, 2.45) is 0 Å². The Hall–Kier alpha value is -0.420. The van der Waals surface area contributed by atoms with E-state index < -0.39 is 0 Å². The van der Waals surface area contributed by atoms with Gasteiger partial charge in [0, 0.05) is 29.5 Å². The molecule has 1 aliphatic heterocycles. The SMILES string of the molecule is CCNC(CCc1cccs1)C(C)(C)N1CCOCC1. The minimum absolute atomic E-state index is 0.178. The van der Waals surface area contributed by atoms with Gasteiger partial charge in [-0.2, -0.15) is 0 Å². The lowest BCUT2D eigenvalue weighted by atomic mass is 9.88. The molecule has 0 aliphatic carbocycles. The summed E-state index contributed by atoms with van der Waals surface area (Å²) in [6.07, 6.45) is 2.36. The normalized spacial score (nSPS) is 19.1. The maximum Gasteiger partial charge on any atom is 0.0594 e. The van der Waals surface area contributed by atoms with Gasteiger partial charge in [-0.05, 0) is 44.7 Å². The number of ether oxygens (including phenoxy) is 1. The minimum atomic E-state index is 0.178. The van der Waals surface area contributed by atoms with Crippen molar-refractivity contribution in [3.8, 4) is 0 Å². The molecule has 2 rings (SSSR count). The highest BCUT2D eigenvalue weighted by Crippen LogP contribution is 2.24. The van der Waals surface area contributed by atoms with Gasteiger partial charge >= 0.3 is 0 Å². The Balaban J connectivity index is 1.97. The van der Waals surface area contributed by atoms with Crippen LogP contribution in [-0.4, -0.2) is 49.3 Å². The molecule has 1 saturated heterocycles. The van der Waals surface area contributed by atoms with Gasteiger partial charge in [-0.1, -0.05) is 13.0 Å². The predicted octanol–water partition coefficient (Wildman–Crippen LogP) is 2.77. The average molecular weight is 296 g/mol. The van der Waals surface area contributed by atoms with Gasteiger partial charge in [0.05, 0.1) is 13.2 Å². The third-order valence-corrected chi connectivity index (χ3v) is 5.33. The average Bonchev–Trinajstić information content (AvgIpc) is 2.97. The van der Waals surface area contributed by atoms with Gasteiger partial charge in [-0.3, -0.25) is 4.90 Å². The van der Waals surface area contributed by atoms with Crippen LogP contribution in [0.2, 0.25) is 0 Å². The number of nitrogens with one attached hydrogen (secondary N) is 1. The molecule has 1 fully saturated rings. The van der Waals surface area contributed by atoms with Crippen molar-refractivity contribution in [3.05, 3.63) is 22.4 Å². The number of nitrogens with zero attached hydrogens (tertiary/aromatic N) is 1. The molecule has 1 N–H and O–H groups in total.